The van der Waals surface area contributed by atoms with E-state index in [0.717, 1.165) is 0 Å². The molecule has 3 heteroatoms. The molecule has 0 aromatic heterocycles. The van der Waals surface area contributed by atoms with Gasteiger partial charge >= 0.3 is 0 Å². The molecular weight excluding hydrogens is 155 g/mol. The largest absolute Gasteiger partial charge is 0.298 e. The monoisotopic (exact) mass is 164 g/mol. The standard InChI is InChI=1S/C8H6O2.Al.3H/c9-5-7-3-1-2-4-8(7)6-10;;;;/h1-6H;;;;. The lowest BCUT2D eigenvalue weighted by molar-refractivity contribution is 0.109. The zero-order valence-corrected chi connectivity index (χ0v) is 5.28. The van der Waals surface area contributed by atoms with Crippen LogP contribution in [0.2, 0.25) is 0 Å². The van der Waals surface area contributed by atoms with Gasteiger partial charge in [0.1, 0.15) is 0 Å². The molecule has 0 saturated carbocycles. The number of rotatable bonds is 2. The highest BCUT2D eigenvalue weighted by Gasteiger charge is 1.95. The number of hydrogen-bond acceptors (Lipinski definition) is 2. The second kappa shape index (κ2) is 4.84. The summed E-state index contributed by atoms with van der Waals surface area (Å²) in [6, 6.07) is 6.65. The van der Waals surface area contributed by atoms with Crippen molar-refractivity contribution < 1.29 is 9.59 Å². The van der Waals surface area contributed by atoms with Crippen molar-refractivity contribution in [2.45, 2.75) is 0 Å². The predicted molar refractivity (Wildman–Crippen MR) is 47.2 cm³/mol. The highest BCUT2D eigenvalue weighted by Crippen LogP contribution is 2.01. The molecule has 0 heterocycles. The summed E-state index contributed by atoms with van der Waals surface area (Å²) in [5.74, 6) is 0. The molecule has 0 N–H and O–H groups in total. The smallest absolute Gasteiger partial charge is 0.187 e. The SMILES string of the molecule is O=Cc1ccccc1C=O.[AlH3]. The van der Waals surface area contributed by atoms with Crippen LogP contribution in [0, 0.1) is 0 Å². The first-order valence-corrected chi connectivity index (χ1v) is 2.88. The van der Waals surface area contributed by atoms with Crippen LogP contribution in [-0.4, -0.2) is 29.9 Å². The Morgan fingerprint density at radius 3 is 1.55 bits per heavy atom. The summed E-state index contributed by atoms with van der Waals surface area (Å²) >= 11 is 0. The fourth-order valence-electron chi connectivity index (χ4n) is 0.726. The normalized spacial score (nSPS) is 8.00. The Morgan fingerprint density at radius 2 is 1.27 bits per heavy atom. The van der Waals surface area contributed by atoms with Gasteiger partial charge in [0.2, 0.25) is 0 Å². The van der Waals surface area contributed by atoms with E-state index in [9.17, 15) is 9.59 Å². The lowest BCUT2D eigenvalue weighted by atomic mass is 10.1. The fourth-order valence-corrected chi connectivity index (χ4v) is 0.726. The maximum absolute atomic E-state index is 10.2. The molecule has 0 radical (unpaired) electrons. The molecule has 1 rings (SSSR count). The fraction of sp³-hybridized carbons (Fsp3) is 0. The third-order valence-electron chi connectivity index (χ3n) is 1.25. The quantitative estimate of drug-likeness (QED) is 0.460. The van der Waals surface area contributed by atoms with E-state index in [1.165, 1.54) is 0 Å². The molecule has 0 aliphatic carbocycles. The molecule has 0 unspecified atom stereocenters. The van der Waals surface area contributed by atoms with Crippen LogP contribution < -0.4 is 0 Å². The minimum absolute atomic E-state index is 0. The zero-order chi connectivity index (χ0) is 7.40. The highest BCUT2D eigenvalue weighted by atomic mass is 27.0. The summed E-state index contributed by atoms with van der Waals surface area (Å²) in [5.41, 5.74) is 0.884. The van der Waals surface area contributed by atoms with E-state index in [1.807, 2.05) is 0 Å². The summed E-state index contributed by atoms with van der Waals surface area (Å²) in [6.45, 7) is 0. The molecule has 0 fully saturated rings. The van der Waals surface area contributed by atoms with Gasteiger partial charge in [-0.1, -0.05) is 24.3 Å². The van der Waals surface area contributed by atoms with Gasteiger partial charge in [-0.15, -0.1) is 0 Å². The van der Waals surface area contributed by atoms with Crippen LogP contribution in [0.25, 0.3) is 0 Å². The maximum Gasteiger partial charge on any atom is 0.187 e. The third kappa shape index (κ3) is 2.30. The van der Waals surface area contributed by atoms with E-state index in [1.54, 1.807) is 24.3 Å². The second-order valence-corrected chi connectivity index (χ2v) is 1.86. The van der Waals surface area contributed by atoms with Crippen LogP contribution in [0.5, 0.6) is 0 Å². The van der Waals surface area contributed by atoms with Crippen LogP contribution in [-0.2, 0) is 0 Å². The Balaban J connectivity index is 0.000001000. The summed E-state index contributed by atoms with van der Waals surface area (Å²) in [4.78, 5) is 20.5. The van der Waals surface area contributed by atoms with Crippen LogP contribution in [0.1, 0.15) is 20.7 Å². The molecule has 0 aliphatic rings. The molecule has 1 aromatic rings. The Hall–Kier alpha value is -0.908. The molecule has 2 nitrogen and oxygen atoms in total. The van der Waals surface area contributed by atoms with Crippen LogP contribution in [0.3, 0.4) is 0 Å². The van der Waals surface area contributed by atoms with Gasteiger partial charge in [0.15, 0.2) is 29.9 Å². The van der Waals surface area contributed by atoms with E-state index in [2.05, 4.69) is 0 Å². The molecule has 0 atom stereocenters. The summed E-state index contributed by atoms with van der Waals surface area (Å²) in [7, 11) is 0. The number of benzene rings is 1. The molecule has 56 valence electrons. The Bertz CT molecular complexity index is 231. The molecule has 0 bridgehead atoms. The first-order chi connectivity index (χ1) is 4.88. The summed E-state index contributed by atoms with van der Waals surface area (Å²) in [5, 5.41) is 0. The Kier molecular flexibility index (Phi) is 4.44. The zero-order valence-electron chi connectivity index (χ0n) is 5.28. The molecule has 0 saturated heterocycles. The third-order valence-corrected chi connectivity index (χ3v) is 1.25. The molecule has 1 aromatic carbocycles. The van der Waals surface area contributed by atoms with E-state index in [4.69, 9.17) is 0 Å². The second-order valence-electron chi connectivity index (χ2n) is 1.86. The van der Waals surface area contributed by atoms with Gasteiger partial charge in [0, 0.05) is 11.1 Å². The van der Waals surface area contributed by atoms with Gasteiger partial charge in [-0.3, -0.25) is 9.59 Å². The Labute approximate surface area is 75.4 Å². The molecule has 11 heavy (non-hydrogen) atoms. The van der Waals surface area contributed by atoms with Crippen molar-refractivity contribution in [3.8, 4) is 0 Å². The summed E-state index contributed by atoms with van der Waals surface area (Å²) in [6.07, 6.45) is 1.34. The van der Waals surface area contributed by atoms with Gasteiger partial charge in [-0.2, -0.15) is 0 Å². The van der Waals surface area contributed by atoms with Crippen molar-refractivity contribution in [1.29, 1.82) is 0 Å². The van der Waals surface area contributed by atoms with E-state index < -0.39 is 0 Å². The number of aldehydes is 2. The van der Waals surface area contributed by atoms with Crippen LogP contribution >= 0.6 is 0 Å². The van der Waals surface area contributed by atoms with Gasteiger partial charge in [0.05, 0.1) is 0 Å². The van der Waals surface area contributed by atoms with Gasteiger partial charge in [-0.25, -0.2) is 0 Å². The lowest BCUT2D eigenvalue weighted by Gasteiger charge is -1.91. The maximum atomic E-state index is 10.2. The van der Waals surface area contributed by atoms with Crippen LogP contribution in [0.15, 0.2) is 24.3 Å². The number of hydrogen-bond donors (Lipinski definition) is 0. The van der Waals surface area contributed by atoms with E-state index in [-0.39, 0.29) is 17.4 Å². The lowest BCUT2D eigenvalue weighted by Crippen LogP contribution is -1.87. The van der Waals surface area contributed by atoms with Crippen molar-refractivity contribution >= 4 is 29.9 Å². The van der Waals surface area contributed by atoms with Crippen molar-refractivity contribution in [3.05, 3.63) is 35.4 Å². The topological polar surface area (TPSA) is 34.1 Å². The average molecular weight is 164 g/mol. The first-order valence-electron chi connectivity index (χ1n) is 2.88. The van der Waals surface area contributed by atoms with E-state index in [0.29, 0.717) is 23.7 Å². The van der Waals surface area contributed by atoms with Gasteiger partial charge in [-0.05, 0) is 0 Å². The predicted octanol–water partition coefficient (Wildman–Crippen LogP) is 0.128. The average Bonchev–Trinajstić information content (AvgIpc) is 2.04. The minimum atomic E-state index is 0. The summed E-state index contributed by atoms with van der Waals surface area (Å²) < 4.78 is 0. The number of carbonyl (C=O) groups excluding carboxylic acids is 2. The number of carbonyl (C=O) groups is 2. The first kappa shape index (κ1) is 10.1. The van der Waals surface area contributed by atoms with Crippen molar-refractivity contribution in [2.75, 3.05) is 0 Å². The highest BCUT2D eigenvalue weighted by molar-refractivity contribution is 5.89. The van der Waals surface area contributed by atoms with E-state index >= 15 is 0 Å². The minimum Gasteiger partial charge on any atom is -0.298 e. The van der Waals surface area contributed by atoms with Crippen molar-refractivity contribution in [3.63, 3.8) is 0 Å². The molecule has 0 aliphatic heterocycles. The van der Waals surface area contributed by atoms with Gasteiger partial charge in [0.25, 0.3) is 0 Å². The van der Waals surface area contributed by atoms with Crippen molar-refractivity contribution in [1.82, 2.24) is 0 Å². The molecular formula is C8H9AlO2. The molecule has 0 spiro atoms. The van der Waals surface area contributed by atoms with Crippen LogP contribution in [0.4, 0.5) is 0 Å². The van der Waals surface area contributed by atoms with Crippen molar-refractivity contribution in [2.24, 2.45) is 0 Å². The molecule has 0 amide bonds. The Morgan fingerprint density at radius 1 is 0.909 bits per heavy atom. The van der Waals surface area contributed by atoms with Gasteiger partial charge < -0.3 is 0 Å².